The van der Waals surface area contributed by atoms with E-state index in [1.807, 2.05) is 30.3 Å². The van der Waals surface area contributed by atoms with Gasteiger partial charge in [-0.1, -0.05) is 42.5 Å². The summed E-state index contributed by atoms with van der Waals surface area (Å²) in [6.07, 6.45) is 0. The van der Waals surface area contributed by atoms with E-state index in [2.05, 4.69) is 36.9 Å². The molecule has 0 fully saturated rings. The van der Waals surface area contributed by atoms with Crippen LogP contribution in [0.1, 0.15) is 0 Å². The average Bonchev–Trinajstić information content (AvgIpc) is 2.20. The van der Waals surface area contributed by atoms with Crippen LogP contribution in [-0.4, -0.2) is 51.4 Å². The number of hydrogen-bond donors (Lipinski definition) is 1. The molecule has 0 aliphatic rings. The first-order valence-corrected chi connectivity index (χ1v) is 4.65. The van der Waals surface area contributed by atoms with E-state index in [0.29, 0.717) is 0 Å². The van der Waals surface area contributed by atoms with Crippen molar-refractivity contribution in [2.24, 2.45) is 0 Å². The van der Waals surface area contributed by atoms with Crippen molar-refractivity contribution in [3.05, 3.63) is 54.6 Å². The predicted octanol–water partition coefficient (Wildman–Crippen LogP) is 2.99. The molecule has 0 radical (unpaired) electrons. The molecule has 14 heavy (non-hydrogen) atoms. The van der Waals surface area contributed by atoms with Crippen molar-refractivity contribution in [2.75, 3.05) is 0 Å². The summed E-state index contributed by atoms with van der Waals surface area (Å²) < 4.78 is 0. The minimum absolute atomic E-state index is 0. The third kappa shape index (κ3) is 3.23. The molecule has 0 saturated heterocycles. The Balaban J connectivity index is 0.000000980. The molecule has 0 saturated carbocycles. The summed E-state index contributed by atoms with van der Waals surface area (Å²) in [7, 11) is 0. The van der Waals surface area contributed by atoms with Gasteiger partial charge in [-0.05, 0) is 23.3 Å². The molecule has 0 unspecified atom stereocenters. The molecule has 0 atom stereocenters. The standard InChI is InChI=1S/C12H10S.K.H/c13-12-8-6-11(7-9-12)10-4-2-1-3-5-10;;/h1-9,13H;;. The first-order chi connectivity index (χ1) is 6.36. The molecule has 2 heteroatoms. The Morgan fingerprint density at radius 1 is 0.643 bits per heavy atom. The molecule has 0 N–H and O–H groups in total. The maximum atomic E-state index is 4.24. The van der Waals surface area contributed by atoms with Crippen LogP contribution >= 0.6 is 12.6 Å². The first-order valence-electron chi connectivity index (χ1n) is 4.21. The zero-order valence-electron chi connectivity index (χ0n) is 7.14. The molecule has 0 aliphatic heterocycles. The van der Waals surface area contributed by atoms with E-state index in [9.17, 15) is 0 Å². The van der Waals surface area contributed by atoms with Gasteiger partial charge in [-0.3, -0.25) is 0 Å². The van der Waals surface area contributed by atoms with Crippen LogP contribution in [0.2, 0.25) is 0 Å². The molecule has 0 aliphatic carbocycles. The van der Waals surface area contributed by atoms with E-state index in [0.717, 1.165) is 4.90 Å². The summed E-state index contributed by atoms with van der Waals surface area (Å²) in [5, 5.41) is 0. The van der Waals surface area contributed by atoms with Crippen LogP contribution in [0.3, 0.4) is 0 Å². The van der Waals surface area contributed by atoms with E-state index in [-0.39, 0.29) is 51.4 Å². The minimum atomic E-state index is 0. The van der Waals surface area contributed by atoms with E-state index in [1.165, 1.54) is 11.1 Å². The van der Waals surface area contributed by atoms with Crippen LogP contribution in [-0.2, 0) is 0 Å². The second-order valence-corrected chi connectivity index (χ2v) is 3.43. The van der Waals surface area contributed by atoms with Gasteiger partial charge in [0.1, 0.15) is 0 Å². The molecule has 2 aromatic carbocycles. The Labute approximate surface area is 133 Å². The molecule has 66 valence electrons. The average molecular weight is 226 g/mol. The summed E-state index contributed by atoms with van der Waals surface area (Å²) in [5.41, 5.74) is 2.48. The maximum absolute atomic E-state index is 4.24. The fraction of sp³-hybridized carbons (Fsp3) is 0. The molecule has 0 heterocycles. The van der Waals surface area contributed by atoms with Crippen molar-refractivity contribution in [1.29, 1.82) is 0 Å². The normalized spacial score (nSPS) is 9.21. The topological polar surface area (TPSA) is 0 Å². The van der Waals surface area contributed by atoms with Crippen LogP contribution in [0.5, 0.6) is 0 Å². The Morgan fingerprint density at radius 2 is 1.14 bits per heavy atom. The zero-order chi connectivity index (χ0) is 9.10. The third-order valence-corrected chi connectivity index (χ3v) is 2.27. The summed E-state index contributed by atoms with van der Waals surface area (Å²) in [6.45, 7) is 0. The van der Waals surface area contributed by atoms with Crippen LogP contribution < -0.4 is 0 Å². The Bertz CT molecular complexity index is 381. The van der Waals surface area contributed by atoms with Crippen molar-refractivity contribution < 1.29 is 0 Å². The Morgan fingerprint density at radius 3 is 1.71 bits per heavy atom. The number of hydrogen-bond acceptors (Lipinski definition) is 1. The van der Waals surface area contributed by atoms with Crippen LogP contribution in [0.15, 0.2) is 59.5 Å². The second-order valence-electron chi connectivity index (χ2n) is 2.91. The summed E-state index contributed by atoms with van der Waals surface area (Å²) in [5.74, 6) is 0. The van der Waals surface area contributed by atoms with Gasteiger partial charge in [-0.25, -0.2) is 0 Å². The van der Waals surface area contributed by atoms with E-state index in [1.54, 1.807) is 0 Å². The van der Waals surface area contributed by atoms with Crippen molar-refractivity contribution >= 4 is 64.0 Å². The third-order valence-electron chi connectivity index (χ3n) is 1.97. The fourth-order valence-electron chi connectivity index (χ4n) is 1.28. The van der Waals surface area contributed by atoms with E-state index in [4.69, 9.17) is 0 Å². The van der Waals surface area contributed by atoms with E-state index >= 15 is 0 Å². The van der Waals surface area contributed by atoms with Crippen LogP contribution in [0.25, 0.3) is 11.1 Å². The molecular formula is C12H11KS. The first kappa shape index (κ1) is 12.5. The van der Waals surface area contributed by atoms with Crippen molar-refractivity contribution in [3.8, 4) is 11.1 Å². The van der Waals surface area contributed by atoms with Gasteiger partial charge in [0.25, 0.3) is 0 Å². The summed E-state index contributed by atoms with van der Waals surface area (Å²) in [4.78, 5) is 1.000. The van der Waals surface area contributed by atoms with Gasteiger partial charge < -0.3 is 0 Å². The molecule has 0 bridgehead atoms. The Kier molecular flexibility index (Phi) is 5.45. The molecule has 2 aromatic rings. The zero-order valence-corrected chi connectivity index (χ0v) is 8.04. The van der Waals surface area contributed by atoms with Crippen LogP contribution in [0, 0.1) is 0 Å². The summed E-state index contributed by atoms with van der Waals surface area (Å²) in [6, 6.07) is 18.5. The van der Waals surface area contributed by atoms with Crippen molar-refractivity contribution in [3.63, 3.8) is 0 Å². The molecule has 0 aromatic heterocycles. The number of rotatable bonds is 1. The molecule has 0 spiro atoms. The van der Waals surface area contributed by atoms with Crippen molar-refractivity contribution in [1.82, 2.24) is 0 Å². The SMILES string of the molecule is Sc1ccc(-c2ccccc2)cc1.[KH]. The van der Waals surface area contributed by atoms with Crippen LogP contribution in [0.4, 0.5) is 0 Å². The van der Waals surface area contributed by atoms with Gasteiger partial charge in [0.2, 0.25) is 0 Å². The Hall–Kier alpha value is 0.426. The van der Waals surface area contributed by atoms with Gasteiger partial charge >= 0.3 is 51.4 Å². The number of benzene rings is 2. The fourth-order valence-corrected chi connectivity index (χ4v) is 1.43. The van der Waals surface area contributed by atoms with E-state index < -0.39 is 0 Å². The van der Waals surface area contributed by atoms with Gasteiger partial charge in [-0.15, -0.1) is 12.6 Å². The van der Waals surface area contributed by atoms with Crippen molar-refractivity contribution in [2.45, 2.75) is 4.90 Å². The monoisotopic (exact) mass is 226 g/mol. The predicted molar refractivity (Wildman–Crippen MR) is 66.3 cm³/mol. The van der Waals surface area contributed by atoms with Gasteiger partial charge in [0.05, 0.1) is 0 Å². The second kappa shape index (κ2) is 6.11. The molecular weight excluding hydrogens is 215 g/mol. The molecule has 0 nitrogen and oxygen atoms in total. The van der Waals surface area contributed by atoms with Gasteiger partial charge in [0.15, 0.2) is 0 Å². The molecule has 0 amide bonds. The summed E-state index contributed by atoms with van der Waals surface area (Å²) >= 11 is 4.24. The van der Waals surface area contributed by atoms with Gasteiger partial charge in [-0.2, -0.15) is 0 Å². The number of thiol groups is 1. The quantitative estimate of drug-likeness (QED) is 0.561. The van der Waals surface area contributed by atoms with Gasteiger partial charge in [0, 0.05) is 4.90 Å². The molecule has 2 rings (SSSR count).